The van der Waals surface area contributed by atoms with Crippen molar-refractivity contribution in [3.05, 3.63) is 48.0 Å². The van der Waals surface area contributed by atoms with E-state index in [1.807, 2.05) is 12.1 Å². The lowest BCUT2D eigenvalue weighted by molar-refractivity contribution is -0.151. The highest BCUT2D eigenvalue weighted by atomic mass is 19.1. The van der Waals surface area contributed by atoms with Gasteiger partial charge in [0.15, 0.2) is 0 Å². The molecule has 0 aliphatic rings. The van der Waals surface area contributed by atoms with Crippen LogP contribution in [-0.2, 0) is 15.2 Å². The number of alkyl halides is 1. The summed E-state index contributed by atoms with van der Waals surface area (Å²) in [5.74, 6) is -1.21. The summed E-state index contributed by atoms with van der Waals surface area (Å²) in [5, 5.41) is 10.6. The van der Waals surface area contributed by atoms with E-state index in [0.717, 1.165) is 17.9 Å². The molecule has 0 N–H and O–H groups in total. The molecule has 0 radical (unpaired) electrons. The third-order valence-corrected chi connectivity index (χ3v) is 2.77. The maximum atomic E-state index is 14.3. The van der Waals surface area contributed by atoms with Crippen molar-refractivity contribution in [1.82, 2.24) is 0 Å². The van der Waals surface area contributed by atoms with Crippen molar-refractivity contribution < 1.29 is 13.9 Å². The molecular formula is C14H10FNO2. The highest BCUT2D eigenvalue weighted by molar-refractivity contribution is 5.88. The number of carbonyl (C=O) groups excluding carboxylic acids is 1. The Bertz CT molecular complexity index is 648. The molecule has 0 aromatic heterocycles. The van der Waals surface area contributed by atoms with Crippen LogP contribution in [0.25, 0.3) is 10.8 Å². The van der Waals surface area contributed by atoms with Crippen LogP contribution in [0.3, 0.4) is 0 Å². The lowest BCUT2D eigenvalue weighted by Gasteiger charge is -2.15. The van der Waals surface area contributed by atoms with E-state index in [-0.39, 0.29) is 5.56 Å². The van der Waals surface area contributed by atoms with Crippen LogP contribution < -0.4 is 0 Å². The quantitative estimate of drug-likeness (QED) is 0.762. The van der Waals surface area contributed by atoms with Crippen LogP contribution >= 0.6 is 0 Å². The Kier molecular flexibility index (Phi) is 2.99. The Hall–Kier alpha value is -2.41. The number of nitrogens with zero attached hydrogens (tertiary/aromatic N) is 1. The van der Waals surface area contributed by atoms with E-state index in [0.29, 0.717) is 0 Å². The molecule has 0 amide bonds. The number of halogens is 1. The lowest BCUT2D eigenvalue weighted by atomic mass is 9.95. The minimum atomic E-state index is -2.77. The molecule has 2 rings (SSSR count). The molecule has 1 atom stereocenters. The molecule has 0 aliphatic heterocycles. The molecule has 0 saturated carbocycles. The number of methoxy groups -OCH3 is 1. The number of nitriles is 1. The van der Waals surface area contributed by atoms with E-state index in [9.17, 15) is 9.18 Å². The summed E-state index contributed by atoms with van der Waals surface area (Å²) in [6.45, 7) is 0. The second kappa shape index (κ2) is 4.46. The molecule has 0 unspecified atom stereocenters. The first-order valence-corrected chi connectivity index (χ1v) is 5.29. The first-order valence-electron chi connectivity index (χ1n) is 5.29. The fourth-order valence-electron chi connectivity index (χ4n) is 1.77. The number of carbonyl (C=O) groups is 1. The molecule has 0 aliphatic carbocycles. The lowest BCUT2D eigenvalue weighted by Crippen LogP contribution is -2.30. The summed E-state index contributed by atoms with van der Waals surface area (Å²) in [6, 6.07) is 13.2. The van der Waals surface area contributed by atoms with E-state index in [4.69, 9.17) is 5.26 Å². The second-order valence-electron chi connectivity index (χ2n) is 3.82. The smallest absolute Gasteiger partial charge is 0.363 e. The minimum Gasteiger partial charge on any atom is -0.466 e. The number of esters is 1. The molecule has 90 valence electrons. The Balaban J connectivity index is 2.60. The maximum absolute atomic E-state index is 14.3. The highest BCUT2D eigenvalue weighted by Gasteiger charge is 2.42. The topological polar surface area (TPSA) is 50.1 Å². The van der Waals surface area contributed by atoms with Gasteiger partial charge in [0.05, 0.1) is 7.11 Å². The van der Waals surface area contributed by atoms with Gasteiger partial charge < -0.3 is 4.74 Å². The van der Waals surface area contributed by atoms with Gasteiger partial charge in [0.1, 0.15) is 6.07 Å². The minimum absolute atomic E-state index is 0.0180. The van der Waals surface area contributed by atoms with Gasteiger partial charge in [-0.1, -0.05) is 36.4 Å². The van der Waals surface area contributed by atoms with Crippen molar-refractivity contribution in [2.45, 2.75) is 5.67 Å². The predicted octanol–water partition coefficient (Wildman–Crippen LogP) is 2.70. The summed E-state index contributed by atoms with van der Waals surface area (Å²) in [5.41, 5.74) is -2.78. The number of hydrogen-bond donors (Lipinski definition) is 0. The molecule has 4 heteroatoms. The number of fused-ring (bicyclic) bond motifs is 1. The average Bonchev–Trinajstić information content (AvgIpc) is 2.44. The van der Waals surface area contributed by atoms with Gasteiger partial charge in [0.25, 0.3) is 0 Å². The fraction of sp³-hybridized carbons (Fsp3) is 0.143. The summed E-state index contributed by atoms with van der Waals surface area (Å²) in [6.07, 6.45) is 0. The zero-order valence-corrected chi connectivity index (χ0v) is 9.68. The SMILES string of the molecule is COC(=O)[C@@](F)(C#N)c1ccc2ccccc2c1. The van der Waals surface area contributed by atoms with E-state index >= 15 is 0 Å². The monoisotopic (exact) mass is 243 g/mol. The van der Waals surface area contributed by atoms with Crippen molar-refractivity contribution in [3.8, 4) is 6.07 Å². The first-order chi connectivity index (χ1) is 8.61. The average molecular weight is 243 g/mol. The number of hydrogen-bond acceptors (Lipinski definition) is 3. The van der Waals surface area contributed by atoms with Crippen LogP contribution in [0.4, 0.5) is 4.39 Å². The fourth-order valence-corrected chi connectivity index (χ4v) is 1.77. The Labute approximate surface area is 103 Å². The maximum Gasteiger partial charge on any atom is 0.363 e. The van der Waals surface area contributed by atoms with Crippen molar-refractivity contribution in [2.24, 2.45) is 0 Å². The number of benzene rings is 2. The zero-order chi connectivity index (χ0) is 13.2. The van der Waals surface area contributed by atoms with Gasteiger partial charge in [-0.25, -0.2) is 9.18 Å². The highest BCUT2D eigenvalue weighted by Crippen LogP contribution is 2.29. The molecule has 0 bridgehead atoms. The first kappa shape index (κ1) is 12.1. The van der Waals surface area contributed by atoms with E-state index < -0.39 is 11.6 Å². The second-order valence-corrected chi connectivity index (χ2v) is 3.82. The van der Waals surface area contributed by atoms with Gasteiger partial charge in [-0.2, -0.15) is 5.26 Å². The van der Waals surface area contributed by atoms with Gasteiger partial charge in [-0.15, -0.1) is 0 Å². The summed E-state index contributed by atoms with van der Waals surface area (Å²) in [4.78, 5) is 11.4. The van der Waals surface area contributed by atoms with Crippen LogP contribution in [0.1, 0.15) is 5.56 Å². The normalized spacial score (nSPS) is 13.6. The summed E-state index contributed by atoms with van der Waals surface area (Å²) in [7, 11) is 1.05. The largest absolute Gasteiger partial charge is 0.466 e. The van der Waals surface area contributed by atoms with E-state index in [1.54, 1.807) is 18.2 Å². The van der Waals surface area contributed by atoms with E-state index in [2.05, 4.69) is 4.74 Å². The van der Waals surface area contributed by atoms with Gasteiger partial charge in [0, 0.05) is 5.56 Å². The Morgan fingerprint density at radius 3 is 2.56 bits per heavy atom. The molecule has 0 fully saturated rings. The molecule has 3 nitrogen and oxygen atoms in total. The Morgan fingerprint density at radius 2 is 1.94 bits per heavy atom. The molecular weight excluding hydrogens is 233 g/mol. The van der Waals surface area contributed by atoms with Gasteiger partial charge >= 0.3 is 11.6 Å². The van der Waals surface area contributed by atoms with Gasteiger partial charge in [0.2, 0.25) is 0 Å². The third kappa shape index (κ3) is 1.80. The van der Waals surface area contributed by atoms with Crippen LogP contribution in [0, 0.1) is 11.3 Å². The summed E-state index contributed by atoms with van der Waals surface area (Å²) >= 11 is 0. The molecule has 2 aromatic carbocycles. The van der Waals surface area contributed by atoms with E-state index in [1.165, 1.54) is 18.2 Å². The van der Waals surface area contributed by atoms with Crippen LogP contribution in [0.15, 0.2) is 42.5 Å². The molecule has 0 heterocycles. The summed E-state index contributed by atoms with van der Waals surface area (Å²) < 4.78 is 18.7. The molecule has 18 heavy (non-hydrogen) atoms. The van der Waals surface area contributed by atoms with Crippen molar-refractivity contribution in [3.63, 3.8) is 0 Å². The molecule has 0 spiro atoms. The van der Waals surface area contributed by atoms with Crippen LogP contribution in [-0.4, -0.2) is 13.1 Å². The van der Waals surface area contributed by atoms with Crippen LogP contribution in [0.5, 0.6) is 0 Å². The molecule has 0 saturated heterocycles. The van der Waals surface area contributed by atoms with Gasteiger partial charge in [-0.3, -0.25) is 0 Å². The van der Waals surface area contributed by atoms with Gasteiger partial charge in [-0.05, 0) is 16.8 Å². The Morgan fingerprint density at radius 1 is 1.28 bits per heavy atom. The van der Waals surface area contributed by atoms with Crippen molar-refractivity contribution in [2.75, 3.05) is 7.11 Å². The van der Waals surface area contributed by atoms with Crippen molar-refractivity contribution >= 4 is 16.7 Å². The molecule has 2 aromatic rings. The standard InChI is InChI=1S/C14H10FNO2/c1-18-13(17)14(15,9-16)12-7-6-10-4-2-3-5-11(10)8-12/h2-8H,1H3/t14-/m1/s1. The van der Waals surface area contributed by atoms with Crippen LogP contribution in [0.2, 0.25) is 0 Å². The number of ether oxygens (including phenoxy) is 1. The number of rotatable bonds is 2. The van der Waals surface area contributed by atoms with Crippen molar-refractivity contribution in [1.29, 1.82) is 5.26 Å². The predicted molar refractivity (Wildman–Crippen MR) is 64.4 cm³/mol. The zero-order valence-electron chi connectivity index (χ0n) is 9.68. The third-order valence-electron chi connectivity index (χ3n) is 2.77.